The molecule has 4 aliphatic carbocycles. The van der Waals surface area contributed by atoms with Gasteiger partial charge in [0, 0.05) is 20.1 Å². The van der Waals surface area contributed by atoms with Crippen molar-refractivity contribution in [1.29, 1.82) is 0 Å². The lowest BCUT2D eigenvalue weighted by Gasteiger charge is -2.63. The first kappa shape index (κ1) is 77.2. The molecule has 98 heavy (non-hydrogen) atoms. The maximum absolute atomic E-state index is 14.6. The number of hydrogen-bond donors (Lipinski definition) is 15. The fourth-order valence-corrected chi connectivity index (χ4v) is 19.4. The highest BCUT2D eigenvalue weighted by Crippen LogP contribution is 2.76. The van der Waals surface area contributed by atoms with Crippen molar-refractivity contribution in [2.24, 2.45) is 45.3 Å². The molecule has 10 fully saturated rings. The minimum absolute atomic E-state index is 0.0330. The van der Waals surface area contributed by atoms with E-state index in [1.165, 1.54) is 26.7 Å². The topological polar surface area (TPSA) is 459 Å². The van der Waals surface area contributed by atoms with E-state index in [9.17, 15) is 81.4 Å². The Bertz CT molecular complexity index is 2700. The smallest absolute Gasteiger partial charge is 0.313 e. The van der Waals surface area contributed by atoms with E-state index in [2.05, 4.69) is 54.5 Å². The summed E-state index contributed by atoms with van der Waals surface area (Å²) in [6.07, 6.45) is -38.8. The van der Waals surface area contributed by atoms with E-state index in [0.717, 1.165) is 44.9 Å². The number of rotatable bonds is 22. The Morgan fingerprint density at radius 2 is 0.990 bits per heavy atom. The molecule has 0 aromatic heterocycles. The van der Waals surface area contributed by atoms with Crippen LogP contribution in [0.5, 0.6) is 0 Å². The molecule has 0 radical (unpaired) electrons. The Balaban J connectivity index is 0.832. The molecule has 1 spiro atoms. The molecule has 31 nitrogen and oxygen atoms in total. The summed E-state index contributed by atoms with van der Waals surface area (Å²) in [6.45, 7) is 13.2. The zero-order valence-corrected chi connectivity index (χ0v) is 57.6. The number of ether oxygens (including phenoxy) is 15. The number of methoxy groups -OCH3 is 2. The quantitative estimate of drug-likeness (QED) is 0.0292. The molecule has 11 rings (SSSR count). The lowest BCUT2D eigenvalue weighted by Crippen LogP contribution is -2.67. The first-order valence-corrected chi connectivity index (χ1v) is 35.1. The second-order valence-corrected chi connectivity index (χ2v) is 31.1. The SMILES string of the molecule is CO[C@@H]1[C@@H](O)[C@H](O[C@@H]2[C@@H](O)[C@H](O[C@H]3[C@H](O)[C@@H](O)[C@H](O[C@H]4[C@H](O[C@H]5CC[C@]6(C)C7=CC[C@]89C(=O)O[C@@](C)(CCCC(C)C)[C@H]8CC[C@@]9(C)[C@@H]7CC[C@H]6C5(C)C)OC[C@@H](O[C@@H]5O[C@H](CO)[C@@H](O)[C@H](O[C@@H]6O[C@H](CO)[C@@H](O)[C@H](OC)[C@H]6O)[C@H]5O)[C@@H]4O)O[C@@H]3C)O[C@H](CO)[C@H]2O)O[C@H](CO)[C@H]1O. The number of aliphatic hydroxyl groups excluding tert-OH is 15. The Labute approximate surface area is 570 Å². The Hall–Kier alpha value is -1.95. The van der Waals surface area contributed by atoms with E-state index in [0.29, 0.717) is 25.2 Å². The van der Waals surface area contributed by atoms with Gasteiger partial charge < -0.3 is 148 Å². The lowest BCUT2D eigenvalue weighted by atomic mass is 9.41. The average molecular weight is 1410 g/mol. The van der Waals surface area contributed by atoms with Crippen LogP contribution in [0.1, 0.15) is 120 Å². The predicted molar refractivity (Wildman–Crippen MR) is 330 cm³/mol. The van der Waals surface area contributed by atoms with Crippen LogP contribution in [0.3, 0.4) is 0 Å². The summed E-state index contributed by atoms with van der Waals surface area (Å²) in [5.74, 6) is 0.751. The zero-order valence-electron chi connectivity index (χ0n) is 57.6. The largest absolute Gasteiger partial charge is 0.459 e. The van der Waals surface area contributed by atoms with Crippen molar-refractivity contribution in [3.63, 3.8) is 0 Å². The van der Waals surface area contributed by atoms with Crippen molar-refractivity contribution in [2.45, 2.75) is 309 Å². The third kappa shape index (κ3) is 13.3. The van der Waals surface area contributed by atoms with E-state index in [1.807, 2.05) is 0 Å². The molecule has 7 heterocycles. The molecular weight excluding hydrogens is 1300 g/mol. The van der Waals surface area contributed by atoms with Gasteiger partial charge in [-0.15, -0.1) is 0 Å². The monoisotopic (exact) mass is 1410 g/mol. The third-order valence-corrected chi connectivity index (χ3v) is 24.9. The highest BCUT2D eigenvalue weighted by atomic mass is 16.8. The van der Waals surface area contributed by atoms with Gasteiger partial charge in [-0.2, -0.15) is 0 Å². The summed E-state index contributed by atoms with van der Waals surface area (Å²) in [4.78, 5) is 14.6. The van der Waals surface area contributed by atoms with Gasteiger partial charge in [-0.25, -0.2) is 0 Å². The molecule has 0 bridgehead atoms. The van der Waals surface area contributed by atoms with E-state index in [1.54, 1.807) is 0 Å². The van der Waals surface area contributed by atoms with Crippen molar-refractivity contribution in [3.05, 3.63) is 11.6 Å². The molecular formula is C67H110O31. The number of aliphatic hydroxyl groups is 15. The summed E-state index contributed by atoms with van der Waals surface area (Å²) in [7, 11) is 2.38. The number of allylic oxidation sites excluding steroid dienone is 2. The van der Waals surface area contributed by atoms with E-state index < -0.39 is 234 Å². The Kier molecular flexibility index (Phi) is 23.7. The summed E-state index contributed by atoms with van der Waals surface area (Å²) in [6, 6.07) is 0. The zero-order chi connectivity index (χ0) is 71.2. The van der Waals surface area contributed by atoms with Crippen LogP contribution in [0.15, 0.2) is 11.6 Å². The fourth-order valence-electron chi connectivity index (χ4n) is 19.4. The third-order valence-electron chi connectivity index (χ3n) is 24.9. The maximum Gasteiger partial charge on any atom is 0.313 e. The van der Waals surface area contributed by atoms with Crippen LogP contribution in [0, 0.1) is 45.3 Å². The highest BCUT2D eigenvalue weighted by molar-refractivity contribution is 5.83. The fraction of sp³-hybridized carbons (Fsp3) is 0.955. The number of hydrogen-bond acceptors (Lipinski definition) is 31. The van der Waals surface area contributed by atoms with Crippen LogP contribution in [0.25, 0.3) is 0 Å². The van der Waals surface area contributed by atoms with E-state index in [4.69, 9.17) is 71.1 Å². The van der Waals surface area contributed by atoms with Gasteiger partial charge in [0.2, 0.25) is 0 Å². The molecule has 37 atom stereocenters. The normalized spacial score (nSPS) is 52.6. The molecule has 0 aromatic rings. The summed E-state index contributed by atoms with van der Waals surface area (Å²) < 4.78 is 90.5. The van der Waals surface area contributed by atoms with Crippen molar-refractivity contribution < 1.29 is 152 Å². The number of esters is 1. The molecule has 0 amide bonds. The molecule has 7 saturated heterocycles. The molecule has 0 aromatic carbocycles. The van der Waals surface area contributed by atoms with Crippen molar-refractivity contribution in [1.82, 2.24) is 0 Å². The van der Waals surface area contributed by atoms with Gasteiger partial charge in [-0.3, -0.25) is 4.79 Å². The van der Waals surface area contributed by atoms with Crippen LogP contribution >= 0.6 is 0 Å². The number of cyclic esters (lactones) is 1. The van der Waals surface area contributed by atoms with Crippen LogP contribution in [0.2, 0.25) is 0 Å². The van der Waals surface area contributed by atoms with Crippen LogP contribution in [-0.2, 0) is 75.8 Å². The van der Waals surface area contributed by atoms with Gasteiger partial charge in [0.05, 0.1) is 50.7 Å². The molecule has 0 unspecified atom stereocenters. The van der Waals surface area contributed by atoms with Gasteiger partial charge in [0.25, 0.3) is 0 Å². The Morgan fingerprint density at radius 1 is 0.510 bits per heavy atom. The molecule has 3 saturated carbocycles. The molecule has 564 valence electrons. The Morgan fingerprint density at radius 3 is 1.50 bits per heavy atom. The molecule has 7 aliphatic heterocycles. The van der Waals surface area contributed by atoms with Gasteiger partial charge in [0.15, 0.2) is 37.7 Å². The van der Waals surface area contributed by atoms with Crippen LogP contribution in [-0.4, -0.2) is 320 Å². The average Bonchev–Trinajstić information content (AvgIpc) is 1.48. The second-order valence-electron chi connectivity index (χ2n) is 31.1. The summed E-state index contributed by atoms with van der Waals surface area (Å²) >= 11 is 0. The van der Waals surface area contributed by atoms with Crippen molar-refractivity contribution >= 4 is 5.97 Å². The van der Waals surface area contributed by atoms with Crippen molar-refractivity contribution in [3.8, 4) is 0 Å². The predicted octanol–water partition coefficient (Wildman–Crippen LogP) is -3.01. The van der Waals surface area contributed by atoms with Gasteiger partial charge in [0.1, 0.15) is 140 Å². The van der Waals surface area contributed by atoms with Crippen molar-refractivity contribution in [2.75, 3.05) is 47.3 Å². The first-order chi connectivity index (χ1) is 46.3. The number of carbonyl (C=O) groups is 1. The first-order valence-electron chi connectivity index (χ1n) is 35.1. The van der Waals surface area contributed by atoms with Gasteiger partial charge in [-0.05, 0) is 106 Å². The summed E-state index contributed by atoms with van der Waals surface area (Å²) in [5, 5.41) is 167. The number of fused-ring (bicyclic) bond motifs is 4. The molecule has 11 aliphatic rings. The minimum atomic E-state index is -2.06. The standard InChI is InChI=1S/C67H110O31/c1-27(2)12-11-18-66(8)37-16-20-65(7)30-13-14-36-63(4,5)38(17-19-64(36,6)29(30)15-21-67(37,65)62(83)98-66)93-61-55(43(76)35(26-86-61)92-57-48(81)53(41(74)33(24-70)88-57)95-58-46(79)51(84-9)39(72)31(22-68)89-58)97-56-45(78)44(77)50(28(3)87-56)94-60-49(82)54(42(75)34(25-71)91-60)96-59-47(80)52(85-10)40(73)32(23-69)90-59/h15,27-28,30-61,68-82H,11-14,16-26H2,1-10H3/t28-,30-,31-,32-,33-,34-,35-,36+,37-,38+,39-,40-,41-,42-,43+,44-,45-,46-,47-,48-,49-,50-,51+,52+,53+,54+,55-,56+,57+,58+,59+,60+,61+,64-,65+,66+,67-/m1/s1. The summed E-state index contributed by atoms with van der Waals surface area (Å²) in [5.41, 5.74) is -1.05. The molecule has 31 heteroatoms. The number of carbonyl (C=O) groups excluding carboxylic acids is 1. The minimum Gasteiger partial charge on any atom is -0.459 e. The maximum atomic E-state index is 14.6. The molecule has 15 N–H and O–H groups in total. The highest BCUT2D eigenvalue weighted by Gasteiger charge is 2.76. The van der Waals surface area contributed by atoms with E-state index >= 15 is 0 Å². The van der Waals surface area contributed by atoms with Crippen LogP contribution < -0.4 is 0 Å². The van der Waals surface area contributed by atoms with Gasteiger partial charge in [-0.1, -0.05) is 59.6 Å². The van der Waals surface area contributed by atoms with Crippen LogP contribution in [0.4, 0.5) is 0 Å². The lowest BCUT2D eigenvalue weighted by molar-refractivity contribution is -0.397. The van der Waals surface area contributed by atoms with Gasteiger partial charge >= 0.3 is 5.97 Å². The van der Waals surface area contributed by atoms with E-state index in [-0.39, 0.29) is 34.6 Å². The second kappa shape index (κ2) is 30.1.